The monoisotopic (exact) mass is 365 g/mol. The standard InChI is InChI=1S/C20H35N3O3/c24-20(21-18-6-12-26-19(15-18)17-1-2-17)23-8-4-16(5-9-23)3-7-22-10-13-25-14-11-22/h16-19H,1-15H2,(H,21,24). The molecule has 3 saturated heterocycles. The summed E-state index contributed by atoms with van der Waals surface area (Å²) in [6.45, 7) is 7.73. The van der Waals surface area contributed by atoms with Crippen LogP contribution >= 0.6 is 0 Å². The lowest BCUT2D eigenvalue weighted by Gasteiger charge is -2.36. The fourth-order valence-corrected chi connectivity index (χ4v) is 4.64. The van der Waals surface area contributed by atoms with Crippen LogP contribution in [0.4, 0.5) is 4.79 Å². The summed E-state index contributed by atoms with van der Waals surface area (Å²) in [7, 11) is 0. The smallest absolute Gasteiger partial charge is 0.317 e. The molecule has 2 amide bonds. The van der Waals surface area contributed by atoms with E-state index in [2.05, 4.69) is 10.2 Å². The molecule has 3 heterocycles. The van der Waals surface area contributed by atoms with Gasteiger partial charge in [0.15, 0.2) is 0 Å². The van der Waals surface area contributed by atoms with Gasteiger partial charge in [0.05, 0.1) is 19.3 Å². The Morgan fingerprint density at radius 1 is 0.962 bits per heavy atom. The van der Waals surface area contributed by atoms with Crippen LogP contribution in [-0.4, -0.2) is 80.5 Å². The number of likely N-dealkylation sites (tertiary alicyclic amines) is 1. The predicted molar refractivity (Wildman–Crippen MR) is 100 cm³/mol. The number of carbonyl (C=O) groups is 1. The molecular formula is C20H35N3O3. The molecule has 2 unspecified atom stereocenters. The summed E-state index contributed by atoms with van der Waals surface area (Å²) in [5.41, 5.74) is 0. The minimum absolute atomic E-state index is 0.151. The van der Waals surface area contributed by atoms with Crippen LogP contribution in [0, 0.1) is 11.8 Å². The average molecular weight is 366 g/mol. The van der Waals surface area contributed by atoms with Gasteiger partial charge in [-0.15, -0.1) is 0 Å². The molecule has 0 aromatic rings. The Morgan fingerprint density at radius 3 is 2.46 bits per heavy atom. The molecule has 1 N–H and O–H groups in total. The lowest BCUT2D eigenvalue weighted by atomic mass is 9.93. The highest BCUT2D eigenvalue weighted by Gasteiger charge is 2.36. The highest BCUT2D eigenvalue weighted by Crippen LogP contribution is 2.38. The van der Waals surface area contributed by atoms with E-state index in [9.17, 15) is 4.79 Å². The Hall–Kier alpha value is -0.850. The first-order chi connectivity index (χ1) is 12.8. The fourth-order valence-electron chi connectivity index (χ4n) is 4.64. The molecule has 0 aromatic carbocycles. The number of morpholine rings is 1. The molecule has 0 bridgehead atoms. The lowest BCUT2D eigenvalue weighted by molar-refractivity contribution is -0.0100. The molecule has 1 aliphatic carbocycles. The van der Waals surface area contributed by atoms with Gasteiger partial charge in [0.25, 0.3) is 0 Å². The summed E-state index contributed by atoms with van der Waals surface area (Å²) in [5, 5.41) is 3.28. The zero-order valence-corrected chi connectivity index (χ0v) is 16.0. The van der Waals surface area contributed by atoms with Gasteiger partial charge >= 0.3 is 6.03 Å². The van der Waals surface area contributed by atoms with Crippen molar-refractivity contribution in [1.29, 1.82) is 0 Å². The number of carbonyl (C=O) groups excluding carboxylic acids is 1. The first-order valence-corrected chi connectivity index (χ1v) is 10.7. The molecule has 0 aromatic heterocycles. The molecule has 4 aliphatic rings. The SMILES string of the molecule is O=C(NC1CCOC(C2CC2)C1)N1CCC(CCN2CCOCC2)CC1. The topological polar surface area (TPSA) is 54.0 Å². The predicted octanol–water partition coefficient (Wildman–Crippen LogP) is 2.09. The van der Waals surface area contributed by atoms with Crippen molar-refractivity contribution in [3.05, 3.63) is 0 Å². The minimum atomic E-state index is 0.151. The Kier molecular flexibility index (Phi) is 6.33. The van der Waals surface area contributed by atoms with Crippen LogP contribution in [0.15, 0.2) is 0 Å². The third-order valence-corrected chi connectivity index (χ3v) is 6.65. The van der Waals surface area contributed by atoms with Gasteiger partial charge in [-0.05, 0) is 63.3 Å². The first kappa shape index (κ1) is 18.5. The summed E-state index contributed by atoms with van der Waals surface area (Å²) in [4.78, 5) is 17.2. The van der Waals surface area contributed by atoms with Crippen LogP contribution in [0.25, 0.3) is 0 Å². The van der Waals surface area contributed by atoms with Gasteiger partial charge in [0, 0.05) is 38.8 Å². The summed E-state index contributed by atoms with van der Waals surface area (Å²) in [5.74, 6) is 1.53. The molecule has 4 rings (SSSR count). The largest absolute Gasteiger partial charge is 0.379 e. The zero-order valence-electron chi connectivity index (χ0n) is 16.0. The Morgan fingerprint density at radius 2 is 1.73 bits per heavy atom. The number of ether oxygens (including phenoxy) is 2. The number of hydrogen-bond donors (Lipinski definition) is 1. The fraction of sp³-hybridized carbons (Fsp3) is 0.950. The number of rotatable bonds is 5. The first-order valence-electron chi connectivity index (χ1n) is 10.7. The molecule has 3 aliphatic heterocycles. The molecule has 6 heteroatoms. The van der Waals surface area contributed by atoms with Crippen LogP contribution < -0.4 is 5.32 Å². The van der Waals surface area contributed by atoms with Gasteiger partial charge in [-0.2, -0.15) is 0 Å². The van der Waals surface area contributed by atoms with Crippen LogP contribution in [0.2, 0.25) is 0 Å². The third-order valence-electron chi connectivity index (χ3n) is 6.65. The maximum absolute atomic E-state index is 12.6. The Labute approximate surface area is 157 Å². The van der Waals surface area contributed by atoms with Crippen molar-refractivity contribution < 1.29 is 14.3 Å². The van der Waals surface area contributed by atoms with Gasteiger partial charge < -0.3 is 19.7 Å². The summed E-state index contributed by atoms with van der Waals surface area (Å²) < 4.78 is 11.3. The van der Waals surface area contributed by atoms with Gasteiger partial charge in [0.1, 0.15) is 0 Å². The number of urea groups is 1. The van der Waals surface area contributed by atoms with Crippen molar-refractivity contribution in [1.82, 2.24) is 15.1 Å². The number of piperidine rings is 1. The van der Waals surface area contributed by atoms with Gasteiger partial charge in [-0.1, -0.05) is 0 Å². The zero-order chi connectivity index (χ0) is 17.8. The van der Waals surface area contributed by atoms with Gasteiger partial charge in [0.2, 0.25) is 0 Å². The van der Waals surface area contributed by atoms with Crippen LogP contribution in [0.1, 0.15) is 44.9 Å². The van der Waals surface area contributed by atoms with Crippen molar-refractivity contribution in [3.8, 4) is 0 Å². The normalized spacial score (nSPS) is 31.8. The van der Waals surface area contributed by atoms with Crippen LogP contribution in [-0.2, 0) is 9.47 Å². The van der Waals surface area contributed by atoms with E-state index >= 15 is 0 Å². The maximum Gasteiger partial charge on any atom is 0.317 e. The molecule has 4 fully saturated rings. The molecule has 1 saturated carbocycles. The molecular weight excluding hydrogens is 330 g/mol. The van der Waals surface area contributed by atoms with E-state index in [-0.39, 0.29) is 6.03 Å². The highest BCUT2D eigenvalue weighted by atomic mass is 16.5. The van der Waals surface area contributed by atoms with E-state index in [1.807, 2.05) is 4.90 Å². The van der Waals surface area contributed by atoms with E-state index in [1.54, 1.807) is 0 Å². The summed E-state index contributed by atoms with van der Waals surface area (Å²) in [6.07, 6.45) is 8.54. The second-order valence-electron chi connectivity index (χ2n) is 8.59. The van der Waals surface area contributed by atoms with Gasteiger partial charge in [-0.3, -0.25) is 4.90 Å². The Balaban J connectivity index is 1.14. The summed E-state index contributed by atoms with van der Waals surface area (Å²) >= 11 is 0. The van der Waals surface area contributed by atoms with E-state index in [1.165, 1.54) is 25.8 Å². The van der Waals surface area contributed by atoms with Crippen molar-refractivity contribution in [3.63, 3.8) is 0 Å². The molecule has 26 heavy (non-hydrogen) atoms. The molecule has 2 atom stereocenters. The molecule has 148 valence electrons. The van der Waals surface area contributed by atoms with E-state index in [4.69, 9.17) is 9.47 Å². The van der Waals surface area contributed by atoms with Crippen LogP contribution in [0.3, 0.4) is 0 Å². The second kappa shape index (κ2) is 8.89. The van der Waals surface area contributed by atoms with E-state index in [0.717, 1.165) is 83.5 Å². The van der Waals surface area contributed by atoms with Crippen molar-refractivity contribution >= 4 is 6.03 Å². The Bertz CT molecular complexity index is 457. The van der Waals surface area contributed by atoms with Crippen molar-refractivity contribution in [2.75, 3.05) is 52.5 Å². The van der Waals surface area contributed by atoms with E-state index in [0.29, 0.717) is 12.1 Å². The second-order valence-corrected chi connectivity index (χ2v) is 8.59. The van der Waals surface area contributed by atoms with Crippen LogP contribution in [0.5, 0.6) is 0 Å². The average Bonchev–Trinajstić information content (AvgIpc) is 3.53. The van der Waals surface area contributed by atoms with Gasteiger partial charge in [-0.25, -0.2) is 4.79 Å². The highest BCUT2D eigenvalue weighted by molar-refractivity contribution is 5.74. The maximum atomic E-state index is 12.6. The summed E-state index contributed by atoms with van der Waals surface area (Å²) in [6, 6.07) is 0.457. The third kappa shape index (κ3) is 5.11. The van der Waals surface area contributed by atoms with E-state index < -0.39 is 0 Å². The molecule has 0 radical (unpaired) electrons. The van der Waals surface area contributed by atoms with Crippen molar-refractivity contribution in [2.45, 2.75) is 57.1 Å². The minimum Gasteiger partial charge on any atom is -0.379 e. The van der Waals surface area contributed by atoms with Crippen molar-refractivity contribution in [2.24, 2.45) is 11.8 Å². The molecule has 0 spiro atoms. The lowest BCUT2D eigenvalue weighted by Crippen LogP contribution is -2.50. The number of hydrogen-bond acceptors (Lipinski definition) is 4. The number of nitrogens with one attached hydrogen (secondary N) is 1. The number of nitrogens with zero attached hydrogens (tertiary/aromatic N) is 2. The quantitative estimate of drug-likeness (QED) is 0.811. The number of amides is 2. The molecule has 6 nitrogen and oxygen atoms in total.